The summed E-state index contributed by atoms with van der Waals surface area (Å²) in [5.74, 6) is -0.583. The van der Waals surface area contributed by atoms with Crippen molar-refractivity contribution < 1.29 is 19.4 Å². The average molecular weight is 554 g/mol. The van der Waals surface area contributed by atoms with E-state index in [0.29, 0.717) is 39.3 Å². The minimum absolute atomic E-state index is 0.0219. The van der Waals surface area contributed by atoms with Crippen LogP contribution in [0.1, 0.15) is 32.7 Å². The normalized spacial score (nSPS) is 12.9. The number of fused-ring (bicyclic) bond motifs is 5. The van der Waals surface area contributed by atoms with Crippen LogP contribution in [0.2, 0.25) is 5.02 Å². The molecule has 8 heteroatoms. The molecule has 6 rings (SSSR count). The van der Waals surface area contributed by atoms with E-state index in [1.807, 2.05) is 54.1 Å². The maximum absolute atomic E-state index is 13.0. The number of nitrogens with one attached hydrogen (secondary N) is 1. The molecule has 7 nitrogen and oxygen atoms in total. The van der Waals surface area contributed by atoms with Gasteiger partial charge in [0.2, 0.25) is 0 Å². The van der Waals surface area contributed by atoms with Crippen molar-refractivity contribution in [2.24, 2.45) is 7.05 Å². The van der Waals surface area contributed by atoms with Crippen LogP contribution in [0.5, 0.6) is 11.5 Å². The zero-order chi connectivity index (χ0) is 28.0. The monoisotopic (exact) mass is 553 g/mol. The molecule has 0 spiro atoms. The van der Waals surface area contributed by atoms with Crippen molar-refractivity contribution >= 4 is 45.2 Å². The number of aromatic hydroxyl groups is 1. The molecular weight excluding hydrogens is 526 g/mol. The summed E-state index contributed by atoms with van der Waals surface area (Å²) < 4.78 is 7.94. The van der Waals surface area contributed by atoms with E-state index >= 15 is 0 Å². The number of aryl methyl sites for hydroxylation is 1. The molecule has 0 radical (unpaired) electrons. The van der Waals surface area contributed by atoms with E-state index in [-0.39, 0.29) is 16.9 Å². The van der Waals surface area contributed by atoms with E-state index in [4.69, 9.17) is 16.3 Å². The number of rotatable bonds is 8. The molecule has 202 valence electrons. The van der Waals surface area contributed by atoms with Crippen LogP contribution in [0.25, 0.3) is 32.9 Å². The van der Waals surface area contributed by atoms with Gasteiger partial charge in [0.25, 0.3) is 11.8 Å². The fourth-order valence-electron chi connectivity index (χ4n) is 5.56. The van der Waals surface area contributed by atoms with Crippen LogP contribution in [-0.4, -0.2) is 46.6 Å². The highest BCUT2D eigenvalue weighted by atomic mass is 35.5. The van der Waals surface area contributed by atoms with Crippen LogP contribution in [0.15, 0.2) is 72.8 Å². The van der Waals surface area contributed by atoms with Crippen LogP contribution < -0.4 is 10.1 Å². The molecule has 0 atom stereocenters. The molecule has 2 N–H and O–H groups in total. The minimum atomic E-state index is -0.467. The van der Waals surface area contributed by atoms with Crippen LogP contribution in [-0.2, 0) is 13.6 Å². The number of hydrogen-bond acceptors (Lipinski definition) is 5. The second-order valence-corrected chi connectivity index (χ2v) is 10.6. The molecule has 0 aliphatic carbocycles. The van der Waals surface area contributed by atoms with Crippen molar-refractivity contribution in [2.45, 2.75) is 13.0 Å². The molecule has 1 aromatic heterocycles. The third-order valence-electron chi connectivity index (χ3n) is 7.46. The lowest BCUT2D eigenvalue weighted by atomic mass is 9.93. The number of hydrogen-bond donors (Lipinski definition) is 2. The average Bonchev–Trinajstić information content (AvgIpc) is 3.39. The Morgan fingerprint density at radius 2 is 1.65 bits per heavy atom. The van der Waals surface area contributed by atoms with Gasteiger partial charge in [0.1, 0.15) is 0 Å². The van der Waals surface area contributed by atoms with Gasteiger partial charge in [0.15, 0.2) is 11.5 Å². The van der Waals surface area contributed by atoms with Gasteiger partial charge in [-0.1, -0.05) is 60.1 Å². The molecule has 0 unspecified atom stereocenters. The number of nitrogens with zero attached hydrogens (tertiary/aromatic N) is 2. The lowest BCUT2D eigenvalue weighted by Gasteiger charge is -2.17. The van der Waals surface area contributed by atoms with Gasteiger partial charge < -0.3 is 19.3 Å². The third-order valence-corrected chi connectivity index (χ3v) is 7.79. The summed E-state index contributed by atoms with van der Waals surface area (Å²) in [6.45, 7) is 2.13. The van der Waals surface area contributed by atoms with Crippen LogP contribution in [0.4, 0.5) is 0 Å². The molecule has 0 saturated heterocycles. The van der Waals surface area contributed by atoms with Gasteiger partial charge in [-0.2, -0.15) is 0 Å². The van der Waals surface area contributed by atoms with Crippen molar-refractivity contribution in [1.82, 2.24) is 14.8 Å². The van der Waals surface area contributed by atoms with E-state index in [9.17, 15) is 14.7 Å². The van der Waals surface area contributed by atoms with Crippen molar-refractivity contribution in [1.29, 1.82) is 0 Å². The number of phenols is 1. The van der Waals surface area contributed by atoms with Gasteiger partial charge >= 0.3 is 0 Å². The highest BCUT2D eigenvalue weighted by molar-refractivity contribution is 6.36. The molecule has 0 fully saturated rings. The number of aromatic nitrogens is 1. The van der Waals surface area contributed by atoms with Crippen LogP contribution >= 0.6 is 11.6 Å². The summed E-state index contributed by atoms with van der Waals surface area (Å²) in [5.41, 5.74) is 4.60. The van der Waals surface area contributed by atoms with Gasteiger partial charge in [-0.3, -0.25) is 14.9 Å². The van der Waals surface area contributed by atoms with Crippen LogP contribution in [0.3, 0.4) is 0 Å². The molecule has 5 aromatic rings. The van der Waals surface area contributed by atoms with Gasteiger partial charge in [-0.05, 0) is 42.8 Å². The summed E-state index contributed by atoms with van der Waals surface area (Å²) in [7, 11) is 3.96. The predicted molar refractivity (Wildman–Crippen MR) is 157 cm³/mol. The molecule has 1 aliphatic rings. The van der Waals surface area contributed by atoms with Gasteiger partial charge in [0, 0.05) is 47.6 Å². The number of halogens is 1. The molecule has 40 heavy (non-hydrogen) atoms. The first-order chi connectivity index (χ1) is 19.3. The van der Waals surface area contributed by atoms with Crippen LogP contribution in [0, 0.1) is 0 Å². The summed E-state index contributed by atoms with van der Waals surface area (Å²) in [6.07, 6.45) is 0.785. The van der Waals surface area contributed by atoms with Crippen molar-refractivity contribution in [3.05, 3.63) is 94.5 Å². The largest absolute Gasteiger partial charge is 0.504 e. The number of ether oxygens (including phenoxy) is 1. The Balaban J connectivity index is 1.33. The molecule has 2 heterocycles. The number of imide groups is 1. The second-order valence-electron chi connectivity index (χ2n) is 10.2. The summed E-state index contributed by atoms with van der Waals surface area (Å²) in [6, 6.07) is 22.8. The molecule has 1 aliphatic heterocycles. The fraction of sp³-hybridized carbons (Fsp3) is 0.188. The zero-order valence-corrected chi connectivity index (χ0v) is 23.0. The zero-order valence-electron chi connectivity index (χ0n) is 22.2. The Kier molecular flexibility index (Phi) is 6.70. The fourth-order valence-corrected chi connectivity index (χ4v) is 5.80. The lowest BCUT2D eigenvalue weighted by Crippen LogP contribution is -2.20. The first-order valence-corrected chi connectivity index (χ1v) is 13.5. The van der Waals surface area contributed by atoms with Crippen molar-refractivity contribution in [3.8, 4) is 22.6 Å². The minimum Gasteiger partial charge on any atom is -0.504 e. The van der Waals surface area contributed by atoms with E-state index in [0.717, 1.165) is 30.5 Å². The number of carbonyl (C=O) groups excluding carboxylic acids is 2. The number of carbonyl (C=O) groups is 2. The Labute approximate surface area is 236 Å². The maximum atomic E-state index is 13.0. The third kappa shape index (κ3) is 4.47. The Morgan fingerprint density at radius 1 is 0.925 bits per heavy atom. The molecule has 4 aromatic carbocycles. The first kappa shape index (κ1) is 25.9. The second kappa shape index (κ2) is 10.3. The highest BCUT2D eigenvalue weighted by Gasteiger charge is 2.34. The van der Waals surface area contributed by atoms with Gasteiger partial charge in [0.05, 0.1) is 28.8 Å². The van der Waals surface area contributed by atoms with E-state index < -0.39 is 11.8 Å². The number of benzene rings is 4. The first-order valence-electron chi connectivity index (χ1n) is 13.1. The van der Waals surface area contributed by atoms with Crippen molar-refractivity contribution in [3.63, 3.8) is 0 Å². The lowest BCUT2D eigenvalue weighted by molar-refractivity contribution is 0.0880. The van der Waals surface area contributed by atoms with Gasteiger partial charge in [-0.15, -0.1) is 0 Å². The smallest absolute Gasteiger partial charge is 0.259 e. The van der Waals surface area contributed by atoms with E-state index in [2.05, 4.69) is 29.4 Å². The molecule has 0 bridgehead atoms. The Bertz CT molecular complexity index is 1800. The Morgan fingerprint density at radius 3 is 2.42 bits per heavy atom. The topological polar surface area (TPSA) is 83.8 Å². The maximum Gasteiger partial charge on any atom is 0.259 e. The van der Waals surface area contributed by atoms with Crippen molar-refractivity contribution in [2.75, 3.05) is 20.2 Å². The van der Waals surface area contributed by atoms with E-state index in [1.165, 1.54) is 5.56 Å². The number of phenolic OH excluding ortho intramolecular Hbond substituents is 1. The predicted octanol–water partition coefficient (Wildman–Crippen LogP) is 6.14. The standard InChI is InChI=1S/C32H28ClN3O4/c1-35(18-19-9-4-3-5-10-19)13-8-14-40-27-17-24-22(16-26(27)37)28-25(36(24)2)15-21(20-11-6-7-12-23(20)33)29-30(28)32(39)34-31(29)38/h3-7,9-12,15-17,37H,8,13-14,18H2,1-2H3,(H,34,38,39). The summed E-state index contributed by atoms with van der Waals surface area (Å²) >= 11 is 6.50. The quantitative estimate of drug-likeness (QED) is 0.178. The molecule has 0 saturated carbocycles. The van der Waals surface area contributed by atoms with Gasteiger partial charge in [-0.25, -0.2) is 0 Å². The highest BCUT2D eigenvalue weighted by Crippen LogP contribution is 2.44. The SMILES string of the molecule is CN(CCCOc1cc2c(cc1O)c1c3c(c(-c4ccccc4Cl)cc1n2C)C(=O)NC3=O)Cc1ccccc1. The van der Waals surface area contributed by atoms with E-state index in [1.54, 1.807) is 18.2 Å². The summed E-state index contributed by atoms with van der Waals surface area (Å²) in [5, 5.41) is 15.1. The molecule has 2 amide bonds. The molecular formula is C32H28ClN3O4. The summed E-state index contributed by atoms with van der Waals surface area (Å²) in [4.78, 5) is 28.2. The number of amides is 2. The Hall–Kier alpha value is -4.33.